The van der Waals surface area contributed by atoms with Gasteiger partial charge in [0.25, 0.3) is 0 Å². The van der Waals surface area contributed by atoms with Crippen LogP contribution in [-0.2, 0) is 0 Å². The summed E-state index contributed by atoms with van der Waals surface area (Å²) in [5.41, 5.74) is 2.80. The number of rotatable bonds is 1. The molecular formula is C16H13ClO2. The summed E-state index contributed by atoms with van der Waals surface area (Å²) in [5.74, 6) is 0.695. The highest BCUT2D eigenvalue weighted by Crippen LogP contribution is 2.36. The van der Waals surface area contributed by atoms with E-state index in [0.29, 0.717) is 22.8 Å². The van der Waals surface area contributed by atoms with Crippen molar-refractivity contribution >= 4 is 17.4 Å². The van der Waals surface area contributed by atoms with Crippen LogP contribution in [0.25, 0.3) is 0 Å². The predicted octanol–water partition coefficient (Wildman–Crippen LogP) is 4.35. The van der Waals surface area contributed by atoms with E-state index in [4.69, 9.17) is 16.3 Å². The number of fused-ring (bicyclic) bond motifs is 1. The normalized spacial score (nSPS) is 17.8. The zero-order valence-corrected chi connectivity index (χ0v) is 11.3. The highest BCUT2D eigenvalue weighted by Gasteiger charge is 2.27. The standard InChI is InChI=1S/C16H13ClO2/c1-10-2-4-11(5-3-10)16-9-14(18)13-8-12(17)6-7-15(13)19-16/h2-8,16H,9H2,1H3. The van der Waals surface area contributed by atoms with Crippen molar-refractivity contribution in [1.82, 2.24) is 0 Å². The third-order valence-corrected chi connectivity index (χ3v) is 3.57. The van der Waals surface area contributed by atoms with E-state index in [1.807, 2.05) is 31.2 Å². The Morgan fingerprint density at radius 2 is 1.89 bits per heavy atom. The average molecular weight is 273 g/mol. The Hall–Kier alpha value is -1.80. The van der Waals surface area contributed by atoms with Crippen molar-refractivity contribution in [3.63, 3.8) is 0 Å². The third kappa shape index (κ3) is 2.36. The van der Waals surface area contributed by atoms with Crippen molar-refractivity contribution in [2.75, 3.05) is 0 Å². The maximum Gasteiger partial charge on any atom is 0.170 e. The van der Waals surface area contributed by atoms with Gasteiger partial charge >= 0.3 is 0 Å². The first kappa shape index (κ1) is 12.2. The van der Waals surface area contributed by atoms with Gasteiger partial charge in [-0.2, -0.15) is 0 Å². The molecule has 1 atom stereocenters. The van der Waals surface area contributed by atoms with Crippen LogP contribution in [-0.4, -0.2) is 5.78 Å². The molecule has 1 heterocycles. The number of ether oxygens (including phenoxy) is 1. The maximum atomic E-state index is 12.1. The number of ketones is 1. The number of hydrogen-bond donors (Lipinski definition) is 0. The van der Waals surface area contributed by atoms with Crippen LogP contribution in [0.5, 0.6) is 5.75 Å². The molecule has 2 nitrogen and oxygen atoms in total. The molecular weight excluding hydrogens is 260 g/mol. The number of halogens is 1. The molecule has 0 amide bonds. The SMILES string of the molecule is Cc1ccc(C2CC(=O)c3cc(Cl)ccc3O2)cc1. The van der Waals surface area contributed by atoms with Crippen molar-refractivity contribution in [3.8, 4) is 5.75 Å². The minimum absolute atomic E-state index is 0.0781. The molecule has 0 bridgehead atoms. The summed E-state index contributed by atoms with van der Waals surface area (Å²) in [4.78, 5) is 12.1. The lowest BCUT2D eigenvalue weighted by Gasteiger charge is -2.25. The van der Waals surface area contributed by atoms with E-state index >= 15 is 0 Å². The highest BCUT2D eigenvalue weighted by molar-refractivity contribution is 6.31. The van der Waals surface area contributed by atoms with E-state index in [9.17, 15) is 4.79 Å². The summed E-state index contributed by atoms with van der Waals surface area (Å²) in [6, 6.07) is 13.2. The molecule has 96 valence electrons. The molecule has 0 aliphatic carbocycles. The van der Waals surface area contributed by atoms with Gasteiger partial charge in [-0.1, -0.05) is 41.4 Å². The van der Waals surface area contributed by atoms with Gasteiger partial charge in [-0.05, 0) is 30.7 Å². The van der Waals surface area contributed by atoms with Gasteiger partial charge < -0.3 is 4.74 Å². The zero-order valence-electron chi connectivity index (χ0n) is 10.5. The van der Waals surface area contributed by atoms with E-state index in [1.165, 1.54) is 5.56 Å². The van der Waals surface area contributed by atoms with Crippen molar-refractivity contribution in [2.24, 2.45) is 0 Å². The Bertz CT molecular complexity index is 632. The zero-order chi connectivity index (χ0) is 13.4. The molecule has 0 saturated heterocycles. The van der Waals surface area contributed by atoms with Crippen LogP contribution in [0.1, 0.15) is 34.0 Å². The molecule has 1 unspecified atom stereocenters. The summed E-state index contributed by atoms with van der Waals surface area (Å²) in [7, 11) is 0. The first-order valence-electron chi connectivity index (χ1n) is 6.19. The Kier molecular flexibility index (Phi) is 3.03. The lowest BCUT2D eigenvalue weighted by atomic mass is 9.96. The quantitative estimate of drug-likeness (QED) is 0.771. The lowest BCUT2D eigenvalue weighted by molar-refractivity contribution is 0.0850. The minimum Gasteiger partial charge on any atom is -0.484 e. The van der Waals surface area contributed by atoms with Gasteiger partial charge in [-0.25, -0.2) is 0 Å². The van der Waals surface area contributed by atoms with Crippen molar-refractivity contribution in [1.29, 1.82) is 0 Å². The van der Waals surface area contributed by atoms with Gasteiger partial charge in [-0.3, -0.25) is 4.79 Å². The van der Waals surface area contributed by atoms with Crippen molar-refractivity contribution < 1.29 is 9.53 Å². The average Bonchev–Trinajstić information content (AvgIpc) is 2.40. The Morgan fingerprint density at radius 1 is 1.16 bits per heavy atom. The molecule has 1 aliphatic rings. The van der Waals surface area contributed by atoms with E-state index in [-0.39, 0.29) is 11.9 Å². The van der Waals surface area contributed by atoms with E-state index in [1.54, 1.807) is 18.2 Å². The van der Waals surface area contributed by atoms with Crippen LogP contribution in [0.2, 0.25) is 5.02 Å². The molecule has 19 heavy (non-hydrogen) atoms. The summed E-state index contributed by atoms with van der Waals surface area (Å²) in [5, 5.41) is 0.560. The molecule has 3 rings (SSSR count). The first-order valence-corrected chi connectivity index (χ1v) is 6.57. The van der Waals surface area contributed by atoms with Crippen LogP contribution in [0.15, 0.2) is 42.5 Å². The summed E-state index contributed by atoms with van der Waals surface area (Å²) in [6.45, 7) is 2.04. The largest absolute Gasteiger partial charge is 0.484 e. The van der Waals surface area contributed by atoms with Crippen molar-refractivity contribution in [3.05, 3.63) is 64.2 Å². The molecule has 0 spiro atoms. The number of carbonyl (C=O) groups excluding carboxylic acids is 1. The molecule has 0 radical (unpaired) electrons. The number of benzene rings is 2. The van der Waals surface area contributed by atoms with E-state index < -0.39 is 0 Å². The molecule has 1 aliphatic heterocycles. The predicted molar refractivity (Wildman–Crippen MR) is 74.9 cm³/mol. The summed E-state index contributed by atoms with van der Waals surface area (Å²) in [6.07, 6.45) is 0.151. The first-order chi connectivity index (χ1) is 9.13. The fraction of sp³-hybridized carbons (Fsp3) is 0.188. The Balaban J connectivity index is 1.95. The Labute approximate surface area is 117 Å². The van der Waals surface area contributed by atoms with Crippen LogP contribution < -0.4 is 4.74 Å². The van der Waals surface area contributed by atoms with E-state index in [2.05, 4.69) is 0 Å². The van der Waals surface area contributed by atoms with Crippen LogP contribution >= 0.6 is 11.6 Å². The monoisotopic (exact) mass is 272 g/mol. The fourth-order valence-electron chi connectivity index (χ4n) is 2.26. The molecule has 0 saturated carbocycles. The molecule has 2 aromatic carbocycles. The molecule has 2 aromatic rings. The molecule has 3 heteroatoms. The smallest absolute Gasteiger partial charge is 0.170 e. The second kappa shape index (κ2) is 4.71. The van der Waals surface area contributed by atoms with Crippen LogP contribution in [0.4, 0.5) is 0 Å². The second-order valence-electron chi connectivity index (χ2n) is 4.78. The number of Topliss-reactive ketones (excluding diaryl/α,β-unsaturated/α-hetero) is 1. The van der Waals surface area contributed by atoms with E-state index in [0.717, 1.165) is 5.56 Å². The minimum atomic E-state index is -0.207. The second-order valence-corrected chi connectivity index (χ2v) is 5.22. The summed E-state index contributed by atoms with van der Waals surface area (Å²) < 4.78 is 5.90. The van der Waals surface area contributed by atoms with Gasteiger partial charge in [0.1, 0.15) is 11.9 Å². The molecule has 0 N–H and O–H groups in total. The Morgan fingerprint density at radius 3 is 2.63 bits per heavy atom. The fourth-order valence-corrected chi connectivity index (χ4v) is 2.44. The number of carbonyl (C=O) groups is 1. The van der Waals surface area contributed by atoms with Gasteiger partial charge in [0.2, 0.25) is 0 Å². The number of hydrogen-bond acceptors (Lipinski definition) is 2. The highest BCUT2D eigenvalue weighted by atomic mass is 35.5. The molecule has 0 fully saturated rings. The third-order valence-electron chi connectivity index (χ3n) is 3.33. The summed E-state index contributed by atoms with van der Waals surface area (Å²) >= 11 is 5.90. The maximum absolute atomic E-state index is 12.1. The lowest BCUT2D eigenvalue weighted by Crippen LogP contribution is -2.20. The van der Waals surface area contributed by atoms with Crippen LogP contribution in [0.3, 0.4) is 0 Å². The topological polar surface area (TPSA) is 26.3 Å². The van der Waals surface area contributed by atoms with Gasteiger partial charge in [-0.15, -0.1) is 0 Å². The van der Waals surface area contributed by atoms with Gasteiger partial charge in [0.15, 0.2) is 5.78 Å². The van der Waals surface area contributed by atoms with Gasteiger partial charge in [0.05, 0.1) is 12.0 Å². The van der Waals surface area contributed by atoms with Crippen LogP contribution in [0, 0.1) is 6.92 Å². The number of aryl methyl sites for hydroxylation is 1. The van der Waals surface area contributed by atoms with Gasteiger partial charge in [0, 0.05) is 5.02 Å². The van der Waals surface area contributed by atoms with Crippen molar-refractivity contribution in [2.45, 2.75) is 19.4 Å². The molecule has 0 aromatic heterocycles.